The number of carbonyl (C=O) groups is 2. The average molecular weight is 401 g/mol. The van der Waals surface area contributed by atoms with Crippen LogP contribution in [0.4, 0.5) is 5.69 Å². The Kier molecular flexibility index (Phi) is 5.53. The highest BCUT2D eigenvalue weighted by Crippen LogP contribution is 2.31. The first kappa shape index (κ1) is 19.7. The van der Waals surface area contributed by atoms with Gasteiger partial charge in [-0.25, -0.2) is 4.79 Å². The number of amides is 1. The van der Waals surface area contributed by atoms with Crippen LogP contribution in [0.2, 0.25) is 0 Å². The third-order valence-corrected chi connectivity index (χ3v) is 5.30. The van der Waals surface area contributed by atoms with Gasteiger partial charge in [0.1, 0.15) is 5.75 Å². The fraction of sp³-hybridized carbons (Fsp3) is 0.200. The zero-order valence-corrected chi connectivity index (χ0v) is 17.0. The second-order valence-electron chi connectivity index (χ2n) is 7.36. The van der Waals surface area contributed by atoms with Gasteiger partial charge in [-0.3, -0.25) is 4.79 Å². The molecule has 0 aliphatic carbocycles. The van der Waals surface area contributed by atoms with Crippen molar-refractivity contribution in [2.45, 2.75) is 19.4 Å². The van der Waals surface area contributed by atoms with E-state index in [-0.39, 0.29) is 18.6 Å². The summed E-state index contributed by atoms with van der Waals surface area (Å²) in [5, 5.41) is 2.10. The minimum Gasteiger partial charge on any atom is -0.497 e. The molecule has 0 radical (unpaired) electrons. The molecule has 1 amide bonds. The molecule has 3 aromatic rings. The van der Waals surface area contributed by atoms with Crippen LogP contribution in [0.3, 0.4) is 0 Å². The van der Waals surface area contributed by atoms with Crippen molar-refractivity contribution < 1.29 is 19.1 Å². The standard InChI is InChI=1S/C25H23NO4/c1-17-13-21-5-3-4-6-23(21)26(17)24(27)16-30-25(28)12-8-18-7-9-20-15-22(29-2)11-10-19(20)14-18/h3-12,14-15,17H,13,16H2,1-2H3/b12-8+/t17-/m0/s1. The van der Waals surface area contributed by atoms with Gasteiger partial charge in [0.05, 0.1) is 7.11 Å². The molecule has 0 saturated carbocycles. The summed E-state index contributed by atoms with van der Waals surface area (Å²) >= 11 is 0. The number of benzene rings is 3. The van der Waals surface area contributed by atoms with Gasteiger partial charge < -0.3 is 14.4 Å². The molecule has 1 aliphatic rings. The Bertz CT molecular complexity index is 1130. The minimum atomic E-state index is -0.543. The van der Waals surface area contributed by atoms with E-state index in [0.717, 1.165) is 39.8 Å². The number of hydrogen-bond donors (Lipinski definition) is 0. The lowest BCUT2D eigenvalue weighted by Crippen LogP contribution is -2.38. The molecule has 0 fully saturated rings. The van der Waals surface area contributed by atoms with Crippen molar-refractivity contribution in [1.82, 2.24) is 0 Å². The first-order valence-electron chi connectivity index (χ1n) is 9.88. The summed E-state index contributed by atoms with van der Waals surface area (Å²) in [6.45, 7) is 1.72. The maximum Gasteiger partial charge on any atom is 0.331 e. The fourth-order valence-corrected chi connectivity index (χ4v) is 3.83. The Morgan fingerprint density at radius 1 is 1.07 bits per heavy atom. The molecule has 1 aliphatic heterocycles. The SMILES string of the molecule is COc1ccc2cc(/C=C/C(=O)OCC(=O)N3c4ccccc4C[C@@H]3C)ccc2c1. The van der Waals surface area contributed by atoms with Crippen LogP contribution in [0.15, 0.2) is 66.7 Å². The quantitative estimate of drug-likeness (QED) is 0.470. The van der Waals surface area contributed by atoms with Gasteiger partial charge >= 0.3 is 5.97 Å². The summed E-state index contributed by atoms with van der Waals surface area (Å²) in [6.07, 6.45) is 3.84. The van der Waals surface area contributed by atoms with E-state index in [1.807, 2.05) is 67.6 Å². The lowest BCUT2D eigenvalue weighted by molar-refractivity contribution is -0.143. The molecular weight excluding hydrogens is 378 g/mol. The molecule has 0 spiro atoms. The first-order valence-corrected chi connectivity index (χ1v) is 9.88. The molecule has 0 unspecified atom stereocenters. The molecule has 30 heavy (non-hydrogen) atoms. The topological polar surface area (TPSA) is 55.8 Å². The van der Waals surface area contributed by atoms with Crippen molar-refractivity contribution >= 4 is 34.4 Å². The number of methoxy groups -OCH3 is 1. The molecule has 152 valence electrons. The fourth-order valence-electron chi connectivity index (χ4n) is 3.83. The second kappa shape index (κ2) is 8.41. The smallest absolute Gasteiger partial charge is 0.331 e. The van der Waals surface area contributed by atoms with Crippen LogP contribution in [0.25, 0.3) is 16.8 Å². The van der Waals surface area contributed by atoms with Crippen LogP contribution >= 0.6 is 0 Å². The third kappa shape index (κ3) is 4.06. The number of anilines is 1. The molecule has 0 aromatic heterocycles. The molecule has 5 heteroatoms. The predicted molar refractivity (Wildman–Crippen MR) is 118 cm³/mol. The molecular formula is C25H23NO4. The maximum absolute atomic E-state index is 12.6. The van der Waals surface area contributed by atoms with Crippen molar-refractivity contribution in [3.63, 3.8) is 0 Å². The Balaban J connectivity index is 1.37. The van der Waals surface area contributed by atoms with E-state index in [9.17, 15) is 9.59 Å². The van der Waals surface area contributed by atoms with E-state index in [1.54, 1.807) is 18.1 Å². The van der Waals surface area contributed by atoms with Crippen LogP contribution in [-0.2, 0) is 20.7 Å². The predicted octanol–water partition coefficient (Wildman–Crippen LogP) is 4.38. The molecule has 0 bridgehead atoms. The number of rotatable bonds is 5. The van der Waals surface area contributed by atoms with Gasteiger partial charge in [-0.2, -0.15) is 0 Å². The van der Waals surface area contributed by atoms with E-state index < -0.39 is 5.97 Å². The number of hydrogen-bond acceptors (Lipinski definition) is 4. The average Bonchev–Trinajstić information content (AvgIpc) is 3.11. The van der Waals surface area contributed by atoms with Gasteiger partial charge in [-0.1, -0.05) is 36.4 Å². The molecule has 1 heterocycles. The van der Waals surface area contributed by atoms with Gasteiger partial charge in [0.2, 0.25) is 0 Å². The van der Waals surface area contributed by atoms with Gasteiger partial charge in [0.25, 0.3) is 5.91 Å². The van der Waals surface area contributed by atoms with Gasteiger partial charge in [0.15, 0.2) is 6.61 Å². The van der Waals surface area contributed by atoms with Crippen molar-refractivity contribution in [2.75, 3.05) is 18.6 Å². The molecule has 1 atom stereocenters. The number of nitrogens with zero attached hydrogens (tertiary/aromatic N) is 1. The first-order chi connectivity index (χ1) is 14.5. The summed E-state index contributed by atoms with van der Waals surface area (Å²) in [5.74, 6) is 0.0427. The van der Waals surface area contributed by atoms with Crippen LogP contribution in [0.1, 0.15) is 18.1 Å². The van der Waals surface area contributed by atoms with Crippen LogP contribution in [-0.4, -0.2) is 31.6 Å². The van der Waals surface area contributed by atoms with E-state index in [1.165, 1.54) is 6.08 Å². The van der Waals surface area contributed by atoms with E-state index in [0.29, 0.717) is 0 Å². The normalized spacial score (nSPS) is 15.4. The maximum atomic E-state index is 12.6. The summed E-state index contributed by atoms with van der Waals surface area (Å²) < 4.78 is 10.4. The van der Waals surface area contributed by atoms with Crippen molar-refractivity contribution in [1.29, 1.82) is 0 Å². The van der Waals surface area contributed by atoms with E-state index >= 15 is 0 Å². The van der Waals surface area contributed by atoms with Crippen LogP contribution in [0.5, 0.6) is 5.75 Å². The monoisotopic (exact) mass is 401 g/mol. The highest BCUT2D eigenvalue weighted by Gasteiger charge is 2.30. The van der Waals surface area contributed by atoms with Crippen molar-refractivity contribution in [3.05, 3.63) is 77.9 Å². The zero-order chi connectivity index (χ0) is 21.1. The number of carbonyl (C=O) groups excluding carboxylic acids is 2. The minimum absolute atomic E-state index is 0.0559. The largest absolute Gasteiger partial charge is 0.497 e. The highest BCUT2D eigenvalue weighted by molar-refractivity contribution is 5.98. The van der Waals surface area contributed by atoms with Gasteiger partial charge in [-0.05, 0) is 65.6 Å². The second-order valence-corrected chi connectivity index (χ2v) is 7.36. The Hall–Kier alpha value is -3.60. The van der Waals surface area contributed by atoms with Crippen molar-refractivity contribution in [3.8, 4) is 5.75 Å². The summed E-state index contributed by atoms with van der Waals surface area (Å²) in [7, 11) is 1.64. The number of fused-ring (bicyclic) bond motifs is 2. The highest BCUT2D eigenvalue weighted by atomic mass is 16.5. The van der Waals surface area contributed by atoms with Crippen LogP contribution < -0.4 is 9.64 Å². The molecule has 5 nitrogen and oxygen atoms in total. The zero-order valence-electron chi connectivity index (χ0n) is 17.0. The lowest BCUT2D eigenvalue weighted by Gasteiger charge is -2.22. The number of ether oxygens (including phenoxy) is 2. The van der Waals surface area contributed by atoms with Crippen LogP contribution in [0, 0.1) is 0 Å². The number of esters is 1. The van der Waals surface area contributed by atoms with E-state index in [4.69, 9.17) is 9.47 Å². The third-order valence-electron chi connectivity index (χ3n) is 5.30. The molecule has 4 rings (SSSR count). The number of para-hydroxylation sites is 1. The van der Waals surface area contributed by atoms with Gasteiger partial charge in [0, 0.05) is 17.8 Å². The summed E-state index contributed by atoms with van der Waals surface area (Å²) in [4.78, 5) is 26.4. The Morgan fingerprint density at radius 2 is 1.83 bits per heavy atom. The molecule has 0 N–H and O–H groups in total. The molecule has 3 aromatic carbocycles. The summed E-state index contributed by atoms with van der Waals surface area (Å²) in [6, 6.07) is 19.6. The summed E-state index contributed by atoms with van der Waals surface area (Å²) in [5.41, 5.74) is 2.91. The Morgan fingerprint density at radius 3 is 2.67 bits per heavy atom. The lowest BCUT2D eigenvalue weighted by atomic mass is 10.1. The van der Waals surface area contributed by atoms with Crippen molar-refractivity contribution in [2.24, 2.45) is 0 Å². The van der Waals surface area contributed by atoms with E-state index in [2.05, 4.69) is 0 Å². The molecule has 0 saturated heterocycles. The Labute approximate surface area is 175 Å². The van der Waals surface area contributed by atoms with Gasteiger partial charge in [-0.15, -0.1) is 0 Å².